The highest BCUT2D eigenvalue weighted by Crippen LogP contribution is 2.25. The van der Waals surface area contributed by atoms with E-state index in [4.69, 9.17) is 15.2 Å². The zero-order valence-corrected chi connectivity index (χ0v) is 17.2. The Bertz CT molecular complexity index is 1180. The number of nitrogen functional groups attached to an aromatic ring is 1. The van der Waals surface area contributed by atoms with Gasteiger partial charge in [0.2, 0.25) is 0 Å². The number of amides is 1. The molecule has 3 N–H and O–H groups in total. The van der Waals surface area contributed by atoms with E-state index in [0.29, 0.717) is 17.1 Å². The highest BCUT2D eigenvalue weighted by Gasteiger charge is 2.11. The normalized spacial score (nSPS) is 10.5. The summed E-state index contributed by atoms with van der Waals surface area (Å²) < 4.78 is 12.0. The molecule has 0 saturated carbocycles. The number of carbonyl (C=O) groups excluding carboxylic acids is 1. The van der Waals surface area contributed by atoms with Crippen molar-refractivity contribution < 1.29 is 14.3 Å². The van der Waals surface area contributed by atoms with Gasteiger partial charge < -0.3 is 20.5 Å². The third kappa shape index (κ3) is 4.35. The Kier molecular flexibility index (Phi) is 5.57. The molecule has 7 nitrogen and oxygen atoms in total. The summed E-state index contributed by atoms with van der Waals surface area (Å²) in [6, 6.07) is 23.7. The van der Waals surface area contributed by atoms with Crippen LogP contribution < -0.4 is 20.5 Å². The quantitative estimate of drug-likeness (QED) is 0.488. The average molecular weight is 414 g/mol. The van der Waals surface area contributed by atoms with Crippen molar-refractivity contribution in [1.29, 1.82) is 0 Å². The van der Waals surface area contributed by atoms with Gasteiger partial charge in [-0.1, -0.05) is 0 Å². The molecule has 0 radical (unpaired) electrons. The monoisotopic (exact) mass is 414 g/mol. The number of hydrogen-bond donors (Lipinski definition) is 2. The number of rotatable bonds is 6. The predicted octanol–water partition coefficient (Wildman–Crippen LogP) is 4.39. The lowest BCUT2D eigenvalue weighted by atomic mass is 10.1. The molecule has 4 aromatic rings. The summed E-state index contributed by atoms with van der Waals surface area (Å²) >= 11 is 0. The van der Waals surface area contributed by atoms with Crippen LogP contribution in [0.15, 0.2) is 78.9 Å². The van der Waals surface area contributed by atoms with Crippen LogP contribution in [-0.2, 0) is 0 Å². The summed E-state index contributed by atoms with van der Waals surface area (Å²) in [5.41, 5.74) is 9.84. The summed E-state index contributed by atoms with van der Waals surface area (Å²) in [6.07, 6.45) is 0. The van der Waals surface area contributed by atoms with Gasteiger partial charge in [-0.05, 0) is 72.8 Å². The van der Waals surface area contributed by atoms with Gasteiger partial charge in [-0.15, -0.1) is 0 Å². The predicted molar refractivity (Wildman–Crippen MR) is 121 cm³/mol. The van der Waals surface area contributed by atoms with Crippen LogP contribution in [0, 0.1) is 0 Å². The maximum Gasteiger partial charge on any atom is 0.255 e. The van der Waals surface area contributed by atoms with Crippen LogP contribution in [0.5, 0.6) is 11.5 Å². The Hall–Kier alpha value is -4.26. The lowest BCUT2D eigenvalue weighted by Crippen LogP contribution is -2.12. The van der Waals surface area contributed by atoms with E-state index in [1.807, 2.05) is 42.5 Å². The molecular weight excluding hydrogens is 392 g/mol. The summed E-state index contributed by atoms with van der Waals surface area (Å²) in [7, 11) is 3.23. The Morgan fingerprint density at radius 3 is 2.03 bits per heavy atom. The number of nitrogens with zero attached hydrogens (tertiary/aromatic N) is 2. The van der Waals surface area contributed by atoms with E-state index in [1.54, 1.807) is 55.3 Å². The van der Waals surface area contributed by atoms with E-state index < -0.39 is 0 Å². The molecule has 156 valence electrons. The summed E-state index contributed by atoms with van der Waals surface area (Å²) in [5, 5.41) is 7.47. The van der Waals surface area contributed by atoms with Gasteiger partial charge >= 0.3 is 0 Å². The van der Waals surface area contributed by atoms with Gasteiger partial charge in [0.25, 0.3) is 5.91 Å². The van der Waals surface area contributed by atoms with E-state index in [1.165, 1.54) is 0 Å². The minimum Gasteiger partial charge on any atom is -0.497 e. The molecule has 3 aromatic carbocycles. The average Bonchev–Trinajstić information content (AvgIpc) is 3.21. The van der Waals surface area contributed by atoms with Gasteiger partial charge in [0.1, 0.15) is 17.3 Å². The third-order valence-electron chi connectivity index (χ3n) is 4.84. The standard InChI is InChI=1S/C24H22N4O3/c1-30-20-11-5-16(6-12-20)22-15-23(25)28(27-22)19-9-3-17(4-10-19)24(29)26-18-7-13-21(31-2)14-8-18/h3-15H,25H2,1-2H3,(H,26,29). The van der Waals surface area contributed by atoms with Crippen LogP contribution in [-0.4, -0.2) is 29.9 Å². The minimum atomic E-state index is -0.205. The molecule has 0 aliphatic rings. The van der Waals surface area contributed by atoms with Crippen molar-refractivity contribution in [3.8, 4) is 28.4 Å². The molecule has 0 aliphatic carbocycles. The van der Waals surface area contributed by atoms with Gasteiger partial charge in [-0.3, -0.25) is 4.79 Å². The second kappa shape index (κ2) is 8.62. The number of hydrogen-bond acceptors (Lipinski definition) is 5. The molecule has 1 amide bonds. The van der Waals surface area contributed by atoms with Crippen molar-refractivity contribution in [1.82, 2.24) is 9.78 Å². The van der Waals surface area contributed by atoms with Crippen LogP contribution in [0.1, 0.15) is 10.4 Å². The highest BCUT2D eigenvalue weighted by molar-refractivity contribution is 6.04. The summed E-state index contributed by atoms with van der Waals surface area (Å²) in [5.74, 6) is 1.80. The zero-order chi connectivity index (χ0) is 21.8. The third-order valence-corrected chi connectivity index (χ3v) is 4.84. The Morgan fingerprint density at radius 1 is 0.871 bits per heavy atom. The van der Waals surface area contributed by atoms with Crippen LogP contribution in [0.4, 0.5) is 11.5 Å². The molecule has 0 saturated heterocycles. The fourth-order valence-corrected chi connectivity index (χ4v) is 3.14. The van der Waals surface area contributed by atoms with E-state index in [0.717, 1.165) is 28.4 Å². The summed E-state index contributed by atoms with van der Waals surface area (Å²) in [4.78, 5) is 12.5. The van der Waals surface area contributed by atoms with Crippen LogP contribution in [0.25, 0.3) is 16.9 Å². The van der Waals surface area contributed by atoms with Gasteiger partial charge in [-0.2, -0.15) is 5.10 Å². The first-order chi connectivity index (χ1) is 15.1. The van der Waals surface area contributed by atoms with Crippen molar-refractivity contribution >= 4 is 17.4 Å². The summed E-state index contributed by atoms with van der Waals surface area (Å²) in [6.45, 7) is 0. The molecule has 0 aliphatic heterocycles. The first-order valence-corrected chi connectivity index (χ1v) is 9.63. The second-order valence-corrected chi connectivity index (χ2v) is 6.82. The highest BCUT2D eigenvalue weighted by atomic mass is 16.5. The smallest absolute Gasteiger partial charge is 0.255 e. The molecular formula is C24H22N4O3. The van der Waals surface area contributed by atoms with Crippen molar-refractivity contribution in [2.24, 2.45) is 0 Å². The number of benzene rings is 3. The molecule has 4 rings (SSSR count). The zero-order valence-electron chi connectivity index (χ0n) is 17.2. The molecule has 0 bridgehead atoms. The first kappa shape index (κ1) is 20.0. The largest absolute Gasteiger partial charge is 0.497 e. The number of nitrogens with one attached hydrogen (secondary N) is 1. The lowest BCUT2D eigenvalue weighted by molar-refractivity contribution is 0.102. The number of nitrogens with two attached hydrogens (primary N) is 1. The van der Waals surface area contributed by atoms with E-state index in [9.17, 15) is 4.79 Å². The van der Waals surface area contributed by atoms with Crippen molar-refractivity contribution in [2.75, 3.05) is 25.3 Å². The van der Waals surface area contributed by atoms with Crippen molar-refractivity contribution in [3.05, 3.63) is 84.4 Å². The number of aromatic nitrogens is 2. The number of ether oxygens (including phenoxy) is 2. The van der Waals surface area contributed by atoms with E-state index in [-0.39, 0.29) is 5.91 Å². The first-order valence-electron chi connectivity index (χ1n) is 9.63. The molecule has 0 unspecified atom stereocenters. The number of methoxy groups -OCH3 is 2. The Balaban J connectivity index is 1.50. The van der Waals surface area contributed by atoms with Gasteiger partial charge in [0.15, 0.2) is 0 Å². The molecule has 0 atom stereocenters. The second-order valence-electron chi connectivity index (χ2n) is 6.82. The van der Waals surface area contributed by atoms with Crippen LogP contribution in [0.2, 0.25) is 0 Å². The van der Waals surface area contributed by atoms with E-state index >= 15 is 0 Å². The van der Waals surface area contributed by atoms with E-state index in [2.05, 4.69) is 10.4 Å². The molecule has 7 heteroatoms. The molecule has 1 aromatic heterocycles. The molecule has 0 spiro atoms. The number of anilines is 2. The van der Waals surface area contributed by atoms with Gasteiger partial charge in [0.05, 0.1) is 25.6 Å². The maximum atomic E-state index is 12.5. The van der Waals surface area contributed by atoms with Gasteiger partial charge in [-0.25, -0.2) is 4.68 Å². The molecule has 1 heterocycles. The fraction of sp³-hybridized carbons (Fsp3) is 0.0833. The van der Waals surface area contributed by atoms with Gasteiger partial charge in [0, 0.05) is 22.9 Å². The topological polar surface area (TPSA) is 91.4 Å². The Labute approximate surface area is 180 Å². The Morgan fingerprint density at radius 2 is 1.45 bits per heavy atom. The van der Waals surface area contributed by atoms with Crippen molar-refractivity contribution in [3.63, 3.8) is 0 Å². The van der Waals surface area contributed by atoms with Crippen LogP contribution >= 0.6 is 0 Å². The number of carbonyl (C=O) groups is 1. The minimum absolute atomic E-state index is 0.205. The van der Waals surface area contributed by atoms with Crippen molar-refractivity contribution in [2.45, 2.75) is 0 Å². The lowest BCUT2D eigenvalue weighted by Gasteiger charge is -2.08. The molecule has 31 heavy (non-hydrogen) atoms. The SMILES string of the molecule is COc1ccc(NC(=O)c2ccc(-n3nc(-c4ccc(OC)cc4)cc3N)cc2)cc1. The maximum absolute atomic E-state index is 12.5. The molecule has 0 fully saturated rings. The van der Waals surface area contributed by atoms with Crippen LogP contribution in [0.3, 0.4) is 0 Å². The fourth-order valence-electron chi connectivity index (χ4n) is 3.14.